The van der Waals surface area contributed by atoms with Gasteiger partial charge in [0.2, 0.25) is 0 Å². The van der Waals surface area contributed by atoms with E-state index in [1.807, 2.05) is 0 Å². The Kier molecular flexibility index (Phi) is 11.2. The van der Waals surface area contributed by atoms with E-state index in [4.69, 9.17) is 39.5 Å². The zero-order valence-electron chi connectivity index (χ0n) is 21.1. The summed E-state index contributed by atoms with van der Waals surface area (Å²) >= 11 is 11.7. The molecular weight excluding hydrogens is 527 g/mol. The lowest BCUT2D eigenvalue weighted by atomic mass is 9.84. The first-order chi connectivity index (χ1) is 18.3. The molecule has 202 valence electrons. The van der Waals surface area contributed by atoms with Gasteiger partial charge in [-0.1, -0.05) is 23.2 Å². The predicted molar refractivity (Wildman–Crippen MR) is 149 cm³/mol. The topological polar surface area (TPSA) is 167 Å². The molecule has 0 bridgehead atoms. The van der Waals surface area contributed by atoms with Crippen molar-refractivity contribution >= 4 is 46.0 Å². The lowest BCUT2D eigenvalue weighted by Crippen LogP contribution is -2.26. The SMILES string of the molecule is N#CCC1CCC(Nc2cc(Cl)ncc2N)CC1.N#CCC1CCC(Nc2cc(Cl)ncc2[N+](=O)[O-])CC1. The van der Waals surface area contributed by atoms with Gasteiger partial charge in [0, 0.05) is 37.1 Å². The number of hydrogen-bond donors (Lipinski definition) is 3. The van der Waals surface area contributed by atoms with Gasteiger partial charge in [0.25, 0.3) is 0 Å². The number of nitrogens with zero attached hydrogens (tertiary/aromatic N) is 5. The van der Waals surface area contributed by atoms with E-state index >= 15 is 0 Å². The van der Waals surface area contributed by atoms with Crippen LogP contribution in [-0.4, -0.2) is 27.0 Å². The molecule has 2 heterocycles. The molecule has 2 saturated carbocycles. The minimum Gasteiger partial charge on any atom is -0.396 e. The fourth-order valence-corrected chi connectivity index (χ4v) is 5.28. The van der Waals surface area contributed by atoms with Gasteiger partial charge in [-0.25, -0.2) is 9.97 Å². The predicted octanol–water partition coefficient (Wildman–Crippen LogP) is 6.73. The Morgan fingerprint density at radius 3 is 1.79 bits per heavy atom. The van der Waals surface area contributed by atoms with Crippen molar-refractivity contribution in [1.29, 1.82) is 10.5 Å². The van der Waals surface area contributed by atoms with Gasteiger partial charge < -0.3 is 16.4 Å². The van der Waals surface area contributed by atoms with Crippen LogP contribution in [0.5, 0.6) is 0 Å². The maximum atomic E-state index is 11.0. The summed E-state index contributed by atoms with van der Waals surface area (Å²) in [5, 5.41) is 35.6. The molecule has 2 aromatic rings. The largest absolute Gasteiger partial charge is 0.396 e. The molecule has 0 radical (unpaired) electrons. The van der Waals surface area contributed by atoms with Crippen molar-refractivity contribution in [3.8, 4) is 12.1 Å². The van der Waals surface area contributed by atoms with Gasteiger partial charge in [-0.15, -0.1) is 0 Å². The Labute approximate surface area is 232 Å². The van der Waals surface area contributed by atoms with E-state index in [0.29, 0.717) is 47.2 Å². The van der Waals surface area contributed by atoms with Crippen molar-refractivity contribution in [1.82, 2.24) is 9.97 Å². The molecule has 4 rings (SSSR count). The Morgan fingerprint density at radius 2 is 1.32 bits per heavy atom. The molecule has 0 amide bonds. The number of pyridine rings is 2. The summed E-state index contributed by atoms with van der Waals surface area (Å²) < 4.78 is 0. The maximum Gasteiger partial charge on any atom is 0.310 e. The molecule has 0 aliphatic heterocycles. The second kappa shape index (κ2) is 14.6. The molecule has 10 nitrogen and oxygen atoms in total. The van der Waals surface area contributed by atoms with Crippen molar-refractivity contribution in [3.05, 3.63) is 44.9 Å². The van der Waals surface area contributed by atoms with E-state index < -0.39 is 4.92 Å². The van der Waals surface area contributed by atoms with Crippen LogP contribution in [0.15, 0.2) is 24.5 Å². The molecule has 0 unspecified atom stereocenters. The molecule has 38 heavy (non-hydrogen) atoms. The number of rotatable bonds is 7. The van der Waals surface area contributed by atoms with Gasteiger partial charge in [0.05, 0.1) is 34.6 Å². The van der Waals surface area contributed by atoms with Gasteiger partial charge >= 0.3 is 5.69 Å². The number of nitriles is 2. The minimum absolute atomic E-state index is 0.0615. The zero-order chi connectivity index (χ0) is 27.5. The Hall–Kier alpha value is -3.34. The molecule has 0 saturated heterocycles. The molecule has 2 aromatic heterocycles. The standard InChI is InChI=1S/C13H15ClN4O2.C13H17ClN4/c14-13-7-11(12(8-16-13)18(19)20)17-10-3-1-9(2-4-10)5-6-15;14-13-7-12(11(16)8-17-13)18-10-3-1-9(2-4-10)5-6-15/h7-10H,1-5H2,(H,16,17);7-10H,1-5,16H2,(H,17,18). The van der Waals surface area contributed by atoms with E-state index in [-0.39, 0.29) is 16.9 Å². The maximum absolute atomic E-state index is 11.0. The molecule has 4 N–H and O–H groups in total. The van der Waals surface area contributed by atoms with Crippen molar-refractivity contribution in [2.45, 2.75) is 76.3 Å². The van der Waals surface area contributed by atoms with Gasteiger partial charge in [-0.05, 0) is 63.2 Å². The fourth-order valence-electron chi connectivity index (χ4n) is 4.97. The van der Waals surface area contributed by atoms with Crippen LogP contribution in [-0.2, 0) is 0 Å². The van der Waals surface area contributed by atoms with E-state index in [0.717, 1.165) is 57.1 Å². The lowest BCUT2D eigenvalue weighted by molar-refractivity contribution is -0.384. The van der Waals surface area contributed by atoms with Crippen molar-refractivity contribution < 1.29 is 4.92 Å². The van der Waals surface area contributed by atoms with E-state index in [2.05, 4.69) is 32.7 Å². The average molecular weight is 560 g/mol. The van der Waals surface area contributed by atoms with Crippen LogP contribution in [0.1, 0.15) is 64.2 Å². The Balaban J connectivity index is 0.000000212. The lowest BCUT2D eigenvalue weighted by Gasteiger charge is -2.29. The van der Waals surface area contributed by atoms with E-state index in [1.165, 1.54) is 12.3 Å². The third kappa shape index (κ3) is 8.90. The average Bonchev–Trinajstić information content (AvgIpc) is 2.89. The first-order valence-corrected chi connectivity index (χ1v) is 13.5. The highest BCUT2D eigenvalue weighted by Gasteiger charge is 2.24. The smallest absolute Gasteiger partial charge is 0.310 e. The summed E-state index contributed by atoms with van der Waals surface area (Å²) in [6.07, 6.45) is 12.1. The van der Waals surface area contributed by atoms with E-state index in [1.54, 1.807) is 12.3 Å². The number of anilines is 3. The first-order valence-electron chi connectivity index (χ1n) is 12.8. The highest BCUT2D eigenvalue weighted by molar-refractivity contribution is 6.30. The number of nitrogens with one attached hydrogen (secondary N) is 2. The molecule has 2 aliphatic rings. The van der Waals surface area contributed by atoms with Gasteiger partial charge in [0.15, 0.2) is 0 Å². The molecule has 12 heteroatoms. The molecule has 0 spiro atoms. The molecule has 2 fully saturated rings. The Bertz CT molecular complexity index is 1170. The van der Waals surface area contributed by atoms with Gasteiger partial charge in [0.1, 0.15) is 22.2 Å². The van der Waals surface area contributed by atoms with Crippen molar-refractivity contribution in [3.63, 3.8) is 0 Å². The van der Waals surface area contributed by atoms with Crippen LogP contribution in [0, 0.1) is 44.6 Å². The van der Waals surface area contributed by atoms with Crippen molar-refractivity contribution in [2.24, 2.45) is 11.8 Å². The number of halogens is 2. The number of nitrogen functional groups attached to an aromatic ring is 1. The van der Waals surface area contributed by atoms with Crippen LogP contribution >= 0.6 is 23.2 Å². The monoisotopic (exact) mass is 558 g/mol. The number of nitro groups is 1. The first kappa shape index (κ1) is 29.2. The summed E-state index contributed by atoms with van der Waals surface area (Å²) in [6, 6.07) is 8.30. The van der Waals surface area contributed by atoms with Gasteiger partial charge in [-0.3, -0.25) is 10.1 Å². The summed E-state index contributed by atoms with van der Waals surface area (Å²) in [5.74, 6) is 1.01. The fraction of sp³-hybridized carbons (Fsp3) is 0.538. The second-order valence-electron chi connectivity index (χ2n) is 9.82. The highest BCUT2D eigenvalue weighted by atomic mass is 35.5. The normalized spacial score (nSPS) is 22.6. The second-order valence-corrected chi connectivity index (χ2v) is 10.6. The highest BCUT2D eigenvalue weighted by Crippen LogP contribution is 2.32. The third-order valence-corrected chi connectivity index (χ3v) is 7.53. The molecular formula is C26H32Cl2N8O2. The quantitative estimate of drug-likeness (QED) is 0.189. The van der Waals surface area contributed by atoms with Crippen LogP contribution in [0.2, 0.25) is 10.3 Å². The minimum atomic E-state index is -0.465. The van der Waals surface area contributed by atoms with Crippen molar-refractivity contribution in [2.75, 3.05) is 16.4 Å². The van der Waals surface area contributed by atoms with Crippen LogP contribution in [0.4, 0.5) is 22.7 Å². The summed E-state index contributed by atoms with van der Waals surface area (Å²) in [6.45, 7) is 0. The number of nitrogens with two attached hydrogens (primary N) is 1. The molecule has 0 atom stereocenters. The van der Waals surface area contributed by atoms with E-state index in [9.17, 15) is 10.1 Å². The molecule has 2 aliphatic carbocycles. The summed E-state index contributed by atoms with van der Waals surface area (Å²) in [4.78, 5) is 18.2. The van der Waals surface area contributed by atoms with Crippen LogP contribution < -0.4 is 16.4 Å². The summed E-state index contributed by atoms with van der Waals surface area (Å²) in [7, 11) is 0. The number of hydrogen-bond acceptors (Lipinski definition) is 9. The molecule has 0 aromatic carbocycles. The summed E-state index contributed by atoms with van der Waals surface area (Å²) in [5.41, 5.74) is 7.69. The zero-order valence-corrected chi connectivity index (χ0v) is 22.6. The van der Waals surface area contributed by atoms with Gasteiger partial charge in [-0.2, -0.15) is 10.5 Å². The Morgan fingerprint density at radius 1 is 0.868 bits per heavy atom. The van der Waals surface area contributed by atoms with Crippen LogP contribution in [0.25, 0.3) is 0 Å². The third-order valence-electron chi connectivity index (χ3n) is 7.12. The number of aromatic nitrogens is 2. The van der Waals surface area contributed by atoms with Crippen LogP contribution in [0.3, 0.4) is 0 Å².